The van der Waals surface area contributed by atoms with E-state index in [1.807, 2.05) is 6.92 Å². The summed E-state index contributed by atoms with van der Waals surface area (Å²) in [5, 5.41) is 0. The highest BCUT2D eigenvalue weighted by atomic mass is 19.1. The third-order valence-electron chi connectivity index (χ3n) is 3.63. The van der Waals surface area contributed by atoms with E-state index in [4.69, 9.17) is 4.74 Å². The van der Waals surface area contributed by atoms with E-state index >= 15 is 0 Å². The zero-order chi connectivity index (χ0) is 14.5. The second-order valence-electron chi connectivity index (χ2n) is 5.11. The van der Waals surface area contributed by atoms with Crippen LogP contribution in [0.4, 0.5) is 4.39 Å². The number of methoxy groups -OCH3 is 1. The van der Waals surface area contributed by atoms with Crippen LogP contribution < -0.4 is 0 Å². The fourth-order valence-electron chi connectivity index (χ4n) is 2.36. The number of nitrogens with zero attached hydrogens (tertiary/aromatic N) is 2. The molecule has 0 aromatic heterocycles. The first kappa shape index (κ1) is 14.9. The lowest BCUT2D eigenvalue weighted by Crippen LogP contribution is -2.49. The molecule has 0 aliphatic carbocycles. The second kappa shape index (κ2) is 6.81. The summed E-state index contributed by atoms with van der Waals surface area (Å²) in [5.41, 5.74) is 0.990. The van der Waals surface area contributed by atoms with Crippen molar-refractivity contribution in [2.75, 3.05) is 46.4 Å². The van der Waals surface area contributed by atoms with Gasteiger partial charge in [-0.05, 0) is 24.6 Å². The van der Waals surface area contributed by atoms with Gasteiger partial charge in [0, 0.05) is 39.8 Å². The summed E-state index contributed by atoms with van der Waals surface area (Å²) in [7, 11) is 1.68. The highest BCUT2D eigenvalue weighted by Crippen LogP contribution is 2.14. The Morgan fingerprint density at radius 3 is 2.60 bits per heavy atom. The van der Waals surface area contributed by atoms with Gasteiger partial charge < -0.3 is 9.64 Å². The predicted octanol–water partition coefficient (Wildman–Crippen LogP) is 1.54. The van der Waals surface area contributed by atoms with E-state index in [0.29, 0.717) is 19.7 Å². The van der Waals surface area contributed by atoms with Crippen LogP contribution in [0.3, 0.4) is 0 Å². The summed E-state index contributed by atoms with van der Waals surface area (Å²) < 4.78 is 18.9. The molecule has 110 valence electrons. The van der Waals surface area contributed by atoms with Crippen LogP contribution in [0.2, 0.25) is 0 Å². The number of halogens is 1. The van der Waals surface area contributed by atoms with E-state index in [1.54, 1.807) is 24.1 Å². The van der Waals surface area contributed by atoms with E-state index in [9.17, 15) is 9.18 Å². The van der Waals surface area contributed by atoms with Crippen LogP contribution in [0, 0.1) is 12.7 Å². The molecule has 2 rings (SSSR count). The molecule has 1 aromatic rings. The van der Waals surface area contributed by atoms with Gasteiger partial charge in [0.05, 0.1) is 12.2 Å². The van der Waals surface area contributed by atoms with E-state index in [0.717, 1.165) is 25.2 Å². The fourth-order valence-corrected chi connectivity index (χ4v) is 2.36. The maximum atomic E-state index is 13.8. The molecular formula is C15H21FN2O2. The van der Waals surface area contributed by atoms with E-state index in [-0.39, 0.29) is 11.5 Å². The van der Waals surface area contributed by atoms with Gasteiger partial charge in [-0.25, -0.2) is 4.39 Å². The maximum absolute atomic E-state index is 13.8. The average molecular weight is 280 g/mol. The Labute approximate surface area is 119 Å². The average Bonchev–Trinajstić information content (AvgIpc) is 2.45. The van der Waals surface area contributed by atoms with Gasteiger partial charge in [0.2, 0.25) is 0 Å². The first-order valence-electron chi connectivity index (χ1n) is 6.88. The molecule has 1 amide bonds. The maximum Gasteiger partial charge on any atom is 0.256 e. The largest absolute Gasteiger partial charge is 0.383 e. The molecule has 20 heavy (non-hydrogen) atoms. The third-order valence-corrected chi connectivity index (χ3v) is 3.63. The van der Waals surface area contributed by atoms with Crippen LogP contribution >= 0.6 is 0 Å². The summed E-state index contributed by atoms with van der Waals surface area (Å²) in [6.45, 7) is 6.26. The topological polar surface area (TPSA) is 32.8 Å². The van der Waals surface area contributed by atoms with Crippen molar-refractivity contribution in [3.05, 3.63) is 35.1 Å². The first-order chi connectivity index (χ1) is 9.61. The molecule has 0 atom stereocenters. The van der Waals surface area contributed by atoms with Crippen LogP contribution in [0.5, 0.6) is 0 Å². The van der Waals surface area contributed by atoms with E-state index in [1.165, 1.54) is 6.07 Å². The van der Waals surface area contributed by atoms with Crippen LogP contribution in [-0.4, -0.2) is 62.1 Å². The van der Waals surface area contributed by atoms with Gasteiger partial charge in [-0.15, -0.1) is 0 Å². The molecule has 5 heteroatoms. The molecule has 1 aromatic carbocycles. The number of rotatable bonds is 4. The van der Waals surface area contributed by atoms with Crippen molar-refractivity contribution in [2.45, 2.75) is 6.92 Å². The smallest absolute Gasteiger partial charge is 0.256 e. The lowest BCUT2D eigenvalue weighted by molar-refractivity contribution is 0.0590. The van der Waals surface area contributed by atoms with Crippen molar-refractivity contribution in [2.24, 2.45) is 0 Å². The number of carbonyl (C=O) groups is 1. The molecule has 1 aliphatic heterocycles. The third kappa shape index (κ3) is 3.55. The van der Waals surface area contributed by atoms with Gasteiger partial charge in [0.25, 0.3) is 5.91 Å². The number of hydrogen-bond donors (Lipinski definition) is 0. The Kier molecular flexibility index (Phi) is 5.09. The van der Waals surface area contributed by atoms with Gasteiger partial charge in [0.15, 0.2) is 0 Å². The molecule has 4 nitrogen and oxygen atoms in total. The zero-order valence-corrected chi connectivity index (χ0v) is 12.1. The first-order valence-corrected chi connectivity index (χ1v) is 6.88. The molecule has 1 heterocycles. The van der Waals surface area contributed by atoms with Crippen molar-refractivity contribution >= 4 is 5.91 Å². The standard InChI is InChI=1S/C15H21FN2O2/c1-12-3-4-13(14(16)11-12)15(19)18-7-5-17(6-8-18)9-10-20-2/h3-4,11H,5-10H2,1-2H3. The van der Waals surface area contributed by atoms with Gasteiger partial charge in [-0.1, -0.05) is 6.07 Å². The second-order valence-corrected chi connectivity index (χ2v) is 5.11. The lowest BCUT2D eigenvalue weighted by Gasteiger charge is -2.34. The molecule has 0 spiro atoms. The number of carbonyl (C=O) groups excluding carboxylic acids is 1. The molecule has 0 N–H and O–H groups in total. The Bertz CT molecular complexity index is 471. The monoisotopic (exact) mass is 280 g/mol. The number of ether oxygens (including phenoxy) is 1. The van der Waals surface area contributed by atoms with Crippen LogP contribution in [0.1, 0.15) is 15.9 Å². The summed E-state index contributed by atoms with van der Waals surface area (Å²) >= 11 is 0. The minimum Gasteiger partial charge on any atom is -0.383 e. The molecular weight excluding hydrogens is 259 g/mol. The summed E-state index contributed by atoms with van der Waals surface area (Å²) in [5.74, 6) is -0.647. The van der Waals surface area contributed by atoms with Crippen LogP contribution in [-0.2, 0) is 4.74 Å². The quantitative estimate of drug-likeness (QED) is 0.838. The predicted molar refractivity (Wildman–Crippen MR) is 75.4 cm³/mol. The molecule has 1 saturated heterocycles. The van der Waals surface area contributed by atoms with Crippen molar-refractivity contribution in [3.63, 3.8) is 0 Å². The summed E-state index contributed by atoms with van der Waals surface area (Å²) in [6.07, 6.45) is 0. The van der Waals surface area contributed by atoms with Gasteiger partial charge in [0.1, 0.15) is 5.82 Å². The van der Waals surface area contributed by atoms with Crippen molar-refractivity contribution in [1.82, 2.24) is 9.80 Å². The molecule has 0 radical (unpaired) electrons. The van der Waals surface area contributed by atoms with Gasteiger partial charge >= 0.3 is 0 Å². The number of aryl methyl sites for hydroxylation is 1. The minimum absolute atomic E-state index is 0.168. The van der Waals surface area contributed by atoms with Gasteiger partial charge in [-0.3, -0.25) is 9.69 Å². The molecule has 0 unspecified atom stereocenters. The van der Waals surface area contributed by atoms with E-state index in [2.05, 4.69) is 4.90 Å². The number of hydrogen-bond acceptors (Lipinski definition) is 3. The zero-order valence-electron chi connectivity index (χ0n) is 12.1. The van der Waals surface area contributed by atoms with Crippen molar-refractivity contribution in [3.8, 4) is 0 Å². The number of amides is 1. The van der Waals surface area contributed by atoms with Crippen molar-refractivity contribution < 1.29 is 13.9 Å². The Morgan fingerprint density at radius 1 is 1.30 bits per heavy atom. The molecule has 0 saturated carbocycles. The SMILES string of the molecule is COCCN1CCN(C(=O)c2ccc(C)cc2F)CC1. The summed E-state index contributed by atoms with van der Waals surface area (Å²) in [4.78, 5) is 16.3. The fraction of sp³-hybridized carbons (Fsp3) is 0.533. The highest BCUT2D eigenvalue weighted by Gasteiger charge is 2.23. The van der Waals surface area contributed by atoms with Gasteiger partial charge in [-0.2, -0.15) is 0 Å². The lowest BCUT2D eigenvalue weighted by atomic mass is 10.1. The highest BCUT2D eigenvalue weighted by molar-refractivity contribution is 5.94. The Morgan fingerprint density at radius 2 is 2.00 bits per heavy atom. The number of piperazine rings is 1. The molecule has 1 aliphatic rings. The Hall–Kier alpha value is -1.46. The van der Waals surface area contributed by atoms with Crippen molar-refractivity contribution in [1.29, 1.82) is 0 Å². The summed E-state index contributed by atoms with van der Waals surface area (Å²) in [6, 6.07) is 4.75. The Balaban J connectivity index is 1.94. The molecule has 0 bridgehead atoms. The van der Waals surface area contributed by atoms with Crippen LogP contribution in [0.25, 0.3) is 0 Å². The number of benzene rings is 1. The minimum atomic E-state index is -0.434. The molecule has 1 fully saturated rings. The van der Waals surface area contributed by atoms with E-state index < -0.39 is 5.82 Å². The van der Waals surface area contributed by atoms with Crippen LogP contribution in [0.15, 0.2) is 18.2 Å². The normalized spacial score (nSPS) is 16.4.